The van der Waals surface area contributed by atoms with Crippen LogP contribution < -0.4 is 9.46 Å². The summed E-state index contributed by atoms with van der Waals surface area (Å²) in [5, 5.41) is 9.73. The van der Waals surface area contributed by atoms with Gasteiger partial charge in [-0.15, -0.1) is 0 Å². The van der Waals surface area contributed by atoms with Gasteiger partial charge < -0.3 is 19.3 Å². The summed E-state index contributed by atoms with van der Waals surface area (Å²) in [7, 11) is -2.41. The fraction of sp³-hybridized carbons (Fsp3) is 0.435. The standard InChI is InChI=1S/C23H27NO7S/c1-29-19-6-2-16(3-7-19)17-4-8-20(9-5-17)32(27,28)24-21(22(25)26)18-10-12-23(13-11-18)30-14-15-31-23/h2-9,18,21,24H,10-15H2,1H3,(H,25,26). The van der Waals surface area contributed by atoms with Crippen molar-refractivity contribution in [3.05, 3.63) is 48.5 Å². The molecule has 1 heterocycles. The molecule has 1 aliphatic heterocycles. The molecular formula is C23H27NO7S. The van der Waals surface area contributed by atoms with E-state index in [4.69, 9.17) is 14.2 Å². The second kappa shape index (κ2) is 9.19. The zero-order valence-electron chi connectivity index (χ0n) is 17.8. The number of carbonyl (C=O) groups is 1. The van der Waals surface area contributed by atoms with E-state index < -0.39 is 27.8 Å². The zero-order valence-corrected chi connectivity index (χ0v) is 18.6. The number of ether oxygens (including phenoxy) is 3. The smallest absolute Gasteiger partial charge is 0.322 e. The van der Waals surface area contributed by atoms with Crippen LogP contribution in [0.4, 0.5) is 0 Å². The van der Waals surface area contributed by atoms with Gasteiger partial charge in [0, 0.05) is 12.8 Å². The fourth-order valence-electron chi connectivity index (χ4n) is 4.39. The maximum Gasteiger partial charge on any atom is 0.322 e. The number of nitrogens with one attached hydrogen (secondary N) is 1. The first-order chi connectivity index (χ1) is 15.3. The van der Waals surface area contributed by atoms with E-state index in [1.807, 2.05) is 24.3 Å². The predicted molar refractivity (Wildman–Crippen MR) is 117 cm³/mol. The molecule has 2 aromatic rings. The molecule has 0 radical (unpaired) electrons. The highest BCUT2D eigenvalue weighted by atomic mass is 32.2. The van der Waals surface area contributed by atoms with Crippen molar-refractivity contribution in [1.29, 1.82) is 0 Å². The van der Waals surface area contributed by atoms with Gasteiger partial charge in [0.05, 0.1) is 25.2 Å². The number of hydrogen-bond donors (Lipinski definition) is 2. The van der Waals surface area contributed by atoms with Crippen LogP contribution in [0.1, 0.15) is 25.7 Å². The Bertz CT molecular complexity index is 1030. The molecule has 1 aliphatic carbocycles. The molecule has 0 aromatic heterocycles. The number of carboxylic acid groups (broad SMARTS) is 1. The van der Waals surface area contributed by atoms with E-state index in [9.17, 15) is 18.3 Å². The van der Waals surface area contributed by atoms with E-state index in [0.29, 0.717) is 38.9 Å². The lowest BCUT2D eigenvalue weighted by Crippen LogP contribution is -2.48. The van der Waals surface area contributed by atoms with Crippen LogP contribution in [0.15, 0.2) is 53.4 Å². The number of hydrogen-bond acceptors (Lipinski definition) is 6. The Labute approximate surface area is 187 Å². The molecule has 2 aliphatic rings. The lowest BCUT2D eigenvalue weighted by molar-refractivity contribution is -0.184. The van der Waals surface area contributed by atoms with Crippen molar-refractivity contribution in [1.82, 2.24) is 4.72 Å². The molecule has 32 heavy (non-hydrogen) atoms. The quantitative estimate of drug-likeness (QED) is 0.652. The molecule has 2 aromatic carbocycles. The van der Waals surface area contributed by atoms with Crippen LogP contribution in [-0.2, 0) is 24.3 Å². The predicted octanol–water partition coefficient (Wildman–Crippen LogP) is 3.03. The molecule has 9 heteroatoms. The lowest BCUT2D eigenvalue weighted by Gasteiger charge is -2.37. The summed E-state index contributed by atoms with van der Waals surface area (Å²) in [5.41, 5.74) is 1.76. The normalized spacial score (nSPS) is 19.7. The maximum atomic E-state index is 12.9. The summed E-state index contributed by atoms with van der Waals surface area (Å²) in [6, 6.07) is 12.6. The average Bonchev–Trinajstić information content (AvgIpc) is 3.26. The van der Waals surface area contributed by atoms with Gasteiger partial charge in [0.15, 0.2) is 5.79 Å². The molecule has 1 saturated heterocycles. The van der Waals surface area contributed by atoms with E-state index in [0.717, 1.165) is 16.9 Å². The molecule has 1 unspecified atom stereocenters. The number of benzene rings is 2. The van der Waals surface area contributed by atoms with Crippen LogP contribution in [0.2, 0.25) is 0 Å². The van der Waals surface area contributed by atoms with Crippen LogP contribution in [0, 0.1) is 5.92 Å². The minimum atomic E-state index is -4.00. The Morgan fingerprint density at radius 3 is 2.06 bits per heavy atom. The van der Waals surface area contributed by atoms with Gasteiger partial charge in [-0.25, -0.2) is 8.42 Å². The summed E-state index contributed by atoms with van der Waals surface area (Å²) in [4.78, 5) is 11.9. The maximum absolute atomic E-state index is 12.9. The van der Waals surface area contributed by atoms with Gasteiger partial charge in [-0.1, -0.05) is 24.3 Å². The molecule has 0 amide bonds. The molecule has 2 N–H and O–H groups in total. The van der Waals surface area contributed by atoms with Gasteiger partial charge in [-0.3, -0.25) is 4.79 Å². The largest absolute Gasteiger partial charge is 0.497 e. The molecule has 2 fully saturated rings. The summed E-state index contributed by atoms with van der Waals surface area (Å²) in [6.45, 7) is 1.07. The van der Waals surface area contributed by atoms with Gasteiger partial charge in [0.2, 0.25) is 10.0 Å². The number of methoxy groups -OCH3 is 1. The Morgan fingerprint density at radius 2 is 1.56 bits per heavy atom. The van der Waals surface area contributed by atoms with E-state index in [-0.39, 0.29) is 10.8 Å². The Kier molecular flexibility index (Phi) is 6.52. The zero-order chi connectivity index (χ0) is 22.8. The third-order valence-electron chi connectivity index (χ3n) is 6.21. The van der Waals surface area contributed by atoms with Crippen molar-refractivity contribution in [3.8, 4) is 16.9 Å². The summed E-state index contributed by atoms with van der Waals surface area (Å²) < 4.78 is 44.8. The molecule has 172 valence electrons. The molecule has 1 spiro atoms. The second-order valence-electron chi connectivity index (χ2n) is 8.14. The Morgan fingerprint density at radius 1 is 1.03 bits per heavy atom. The van der Waals surface area contributed by atoms with Crippen molar-refractivity contribution < 1.29 is 32.5 Å². The van der Waals surface area contributed by atoms with Crippen LogP contribution in [0.5, 0.6) is 5.75 Å². The number of rotatable bonds is 7. The van der Waals surface area contributed by atoms with Crippen LogP contribution in [-0.4, -0.2) is 51.6 Å². The van der Waals surface area contributed by atoms with Crippen LogP contribution in [0.3, 0.4) is 0 Å². The molecular weight excluding hydrogens is 434 g/mol. The fourth-order valence-corrected chi connectivity index (χ4v) is 5.65. The minimum absolute atomic E-state index is 0.0238. The number of aliphatic carboxylic acids is 1. The van der Waals surface area contributed by atoms with Gasteiger partial charge in [-0.2, -0.15) is 4.72 Å². The van der Waals surface area contributed by atoms with Crippen molar-refractivity contribution in [2.24, 2.45) is 5.92 Å². The first-order valence-corrected chi connectivity index (χ1v) is 12.1. The molecule has 8 nitrogen and oxygen atoms in total. The number of sulfonamides is 1. The molecule has 1 atom stereocenters. The van der Waals surface area contributed by atoms with Crippen LogP contribution >= 0.6 is 0 Å². The third-order valence-corrected chi connectivity index (χ3v) is 7.67. The first-order valence-electron chi connectivity index (χ1n) is 10.6. The molecule has 0 bridgehead atoms. The van der Waals surface area contributed by atoms with Gasteiger partial charge in [0.1, 0.15) is 11.8 Å². The average molecular weight is 462 g/mol. The molecule has 1 saturated carbocycles. The third kappa shape index (κ3) is 4.80. The van der Waals surface area contributed by atoms with E-state index in [2.05, 4.69) is 4.72 Å². The van der Waals surface area contributed by atoms with Crippen molar-refractivity contribution >= 4 is 16.0 Å². The summed E-state index contributed by atoms with van der Waals surface area (Å²) in [5.74, 6) is -1.41. The monoisotopic (exact) mass is 461 g/mol. The summed E-state index contributed by atoms with van der Waals surface area (Å²) >= 11 is 0. The summed E-state index contributed by atoms with van der Waals surface area (Å²) in [6.07, 6.45) is 2.13. The SMILES string of the molecule is COc1ccc(-c2ccc(S(=O)(=O)NC(C(=O)O)C3CCC4(CC3)OCCO4)cc2)cc1. The van der Waals surface area contributed by atoms with Crippen LogP contribution in [0.25, 0.3) is 11.1 Å². The minimum Gasteiger partial charge on any atom is -0.497 e. The van der Waals surface area contributed by atoms with Gasteiger partial charge in [0.25, 0.3) is 0 Å². The topological polar surface area (TPSA) is 111 Å². The Balaban J connectivity index is 1.46. The lowest BCUT2D eigenvalue weighted by atomic mass is 9.81. The Hall–Kier alpha value is -2.46. The van der Waals surface area contributed by atoms with E-state index >= 15 is 0 Å². The highest BCUT2D eigenvalue weighted by Crippen LogP contribution is 2.39. The number of carboxylic acids is 1. The van der Waals surface area contributed by atoms with Crippen molar-refractivity contribution in [2.45, 2.75) is 42.4 Å². The van der Waals surface area contributed by atoms with Crippen molar-refractivity contribution in [3.63, 3.8) is 0 Å². The van der Waals surface area contributed by atoms with Gasteiger partial charge in [-0.05, 0) is 54.2 Å². The van der Waals surface area contributed by atoms with Crippen molar-refractivity contribution in [2.75, 3.05) is 20.3 Å². The first kappa shape index (κ1) is 22.7. The highest BCUT2D eigenvalue weighted by Gasteiger charge is 2.44. The van der Waals surface area contributed by atoms with E-state index in [1.165, 1.54) is 12.1 Å². The highest BCUT2D eigenvalue weighted by molar-refractivity contribution is 7.89. The van der Waals surface area contributed by atoms with E-state index in [1.54, 1.807) is 19.2 Å². The second-order valence-corrected chi connectivity index (χ2v) is 9.85. The van der Waals surface area contributed by atoms with Gasteiger partial charge >= 0.3 is 5.97 Å². The molecule has 4 rings (SSSR count).